The second-order valence-electron chi connectivity index (χ2n) is 9.45. The molecular weight excluding hydrogens is 464 g/mol. The number of ether oxygens (including phenoxy) is 2. The summed E-state index contributed by atoms with van der Waals surface area (Å²) >= 11 is 0. The molecule has 4 N–H and O–H groups in total. The maximum absolute atomic E-state index is 13.8. The lowest BCUT2D eigenvalue weighted by atomic mass is 9.76. The molecule has 36 heavy (non-hydrogen) atoms. The molecule has 10 heteroatoms. The molecule has 0 aliphatic carbocycles. The smallest absolute Gasteiger partial charge is 0.250 e. The van der Waals surface area contributed by atoms with E-state index in [1.165, 1.54) is 12.0 Å². The van der Waals surface area contributed by atoms with Crippen LogP contribution in [0.5, 0.6) is 11.5 Å². The van der Waals surface area contributed by atoms with E-state index < -0.39 is 47.0 Å². The SMILES string of the molecule is COc1ccc(CCN2C(=O)[C@@H]3[C@H](CC(N)=O)N[C@]4(C(=O)Nc5c(C)cccc54)[C@H]3C2=O)cc1OC. The molecule has 0 unspecified atom stereocenters. The first-order chi connectivity index (χ1) is 17.2. The standard InChI is InChI=1S/C26H28N4O6/c1-13-5-4-6-15-22(13)28-25(34)26(15)21-20(16(29-26)12-19(27)31)23(32)30(24(21)33)10-9-14-7-8-17(35-2)18(11-14)36-3/h4-8,11,16,20-21,29H,9-10,12H2,1-3H3,(H2,27,31)(H,28,34)/t16-,20+,21+,26-/m0/s1. The summed E-state index contributed by atoms with van der Waals surface area (Å²) in [5.41, 5.74) is 6.97. The van der Waals surface area contributed by atoms with Crippen LogP contribution in [0.25, 0.3) is 0 Å². The normalized spacial score (nSPS) is 26.2. The van der Waals surface area contributed by atoms with Crippen LogP contribution in [0.4, 0.5) is 5.69 Å². The number of methoxy groups -OCH3 is 2. The lowest BCUT2D eigenvalue weighted by Gasteiger charge is -2.29. The molecule has 5 rings (SSSR count). The minimum atomic E-state index is -1.45. The lowest BCUT2D eigenvalue weighted by molar-refractivity contribution is -0.142. The second-order valence-corrected chi connectivity index (χ2v) is 9.45. The Morgan fingerprint density at radius 2 is 1.83 bits per heavy atom. The van der Waals surface area contributed by atoms with E-state index >= 15 is 0 Å². The maximum atomic E-state index is 13.8. The lowest BCUT2D eigenvalue weighted by Crippen LogP contribution is -2.53. The number of rotatable bonds is 7. The number of anilines is 1. The predicted molar refractivity (Wildman–Crippen MR) is 129 cm³/mol. The molecule has 3 aliphatic heterocycles. The van der Waals surface area contributed by atoms with Gasteiger partial charge in [-0.25, -0.2) is 0 Å². The van der Waals surface area contributed by atoms with Crippen molar-refractivity contribution < 1.29 is 28.7 Å². The molecule has 0 bridgehead atoms. The number of hydrogen-bond acceptors (Lipinski definition) is 7. The number of nitrogens with two attached hydrogens (primary N) is 1. The highest BCUT2D eigenvalue weighted by Crippen LogP contribution is 2.53. The fraction of sp³-hybridized carbons (Fsp3) is 0.385. The van der Waals surface area contributed by atoms with Crippen molar-refractivity contribution in [3.63, 3.8) is 0 Å². The van der Waals surface area contributed by atoms with Gasteiger partial charge in [0.2, 0.25) is 23.6 Å². The van der Waals surface area contributed by atoms with Gasteiger partial charge in [0, 0.05) is 30.3 Å². The third-order valence-corrected chi connectivity index (χ3v) is 7.54. The van der Waals surface area contributed by atoms with Gasteiger partial charge in [-0.2, -0.15) is 0 Å². The number of nitrogens with one attached hydrogen (secondary N) is 2. The Morgan fingerprint density at radius 3 is 2.53 bits per heavy atom. The van der Waals surface area contributed by atoms with E-state index in [4.69, 9.17) is 15.2 Å². The Labute approximate surface area is 208 Å². The topological polar surface area (TPSA) is 140 Å². The number of hydrogen-bond donors (Lipinski definition) is 3. The highest BCUT2D eigenvalue weighted by Gasteiger charge is 2.70. The molecule has 1 spiro atoms. The molecule has 188 valence electrons. The molecule has 4 amide bonds. The number of para-hydroxylation sites is 1. The number of fused-ring (bicyclic) bond motifs is 4. The van der Waals surface area contributed by atoms with Gasteiger partial charge in [-0.15, -0.1) is 0 Å². The quantitative estimate of drug-likeness (QED) is 0.487. The third kappa shape index (κ3) is 3.35. The Morgan fingerprint density at radius 1 is 1.08 bits per heavy atom. The Bertz CT molecular complexity index is 1290. The molecule has 10 nitrogen and oxygen atoms in total. The Hall–Kier alpha value is -3.92. The molecule has 2 aromatic rings. The van der Waals surface area contributed by atoms with Crippen molar-refractivity contribution in [3.8, 4) is 11.5 Å². The summed E-state index contributed by atoms with van der Waals surface area (Å²) in [4.78, 5) is 53.9. The number of imide groups is 1. The van der Waals surface area contributed by atoms with E-state index in [9.17, 15) is 19.2 Å². The first-order valence-electron chi connectivity index (χ1n) is 11.8. The molecule has 3 heterocycles. The average molecular weight is 493 g/mol. The van der Waals surface area contributed by atoms with Crippen LogP contribution < -0.4 is 25.8 Å². The summed E-state index contributed by atoms with van der Waals surface area (Å²) in [6, 6.07) is 10.1. The van der Waals surface area contributed by atoms with Crippen LogP contribution in [0.15, 0.2) is 36.4 Å². The number of primary amides is 1. The number of carbonyl (C=O) groups is 4. The molecule has 0 saturated carbocycles. The van der Waals surface area contributed by atoms with Crippen molar-refractivity contribution in [2.24, 2.45) is 17.6 Å². The monoisotopic (exact) mass is 492 g/mol. The van der Waals surface area contributed by atoms with Crippen molar-refractivity contribution in [3.05, 3.63) is 53.1 Å². The first kappa shape index (κ1) is 23.8. The van der Waals surface area contributed by atoms with Crippen LogP contribution in [0.1, 0.15) is 23.1 Å². The summed E-state index contributed by atoms with van der Waals surface area (Å²) in [5, 5.41) is 6.10. The van der Waals surface area contributed by atoms with Gasteiger partial charge in [0.25, 0.3) is 0 Å². The van der Waals surface area contributed by atoms with E-state index in [0.29, 0.717) is 29.2 Å². The number of amides is 4. The Kier molecular flexibility index (Phi) is 5.71. The zero-order valence-corrected chi connectivity index (χ0v) is 20.3. The van der Waals surface area contributed by atoms with Crippen molar-refractivity contribution in [1.29, 1.82) is 0 Å². The van der Waals surface area contributed by atoms with Crippen LogP contribution in [0, 0.1) is 18.8 Å². The highest BCUT2D eigenvalue weighted by atomic mass is 16.5. The van der Waals surface area contributed by atoms with Gasteiger partial charge in [0.15, 0.2) is 11.5 Å². The molecule has 2 saturated heterocycles. The van der Waals surface area contributed by atoms with Crippen molar-refractivity contribution in [2.75, 3.05) is 26.1 Å². The van der Waals surface area contributed by atoms with Crippen LogP contribution in [0.2, 0.25) is 0 Å². The molecule has 2 aromatic carbocycles. The largest absolute Gasteiger partial charge is 0.493 e. The summed E-state index contributed by atoms with van der Waals surface area (Å²) in [6.45, 7) is 1.99. The summed E-state index contributed by atoms with van der Waals surface area (Å²) in [6.07, 6.45) is 0.222. The summed E-state index contributed by atoms with van der Waals surface area (Å²) in [5.74, 6) is -2.61. The van der Waals surface area contributed by atoms with E-state index in [0.717, 1.165) is 11.1 Å². The van der Waals surface area contributed by atoms with Crippen LogP contribution in [0.3, 0.4) is 0 Å². The number of nitrogens with zero attached hydrogens (tertiary/aromatic N) is 1. The fourth-order valence-corrected chi connectivity index (χ4v) is 5.92. The molecule has 0 aromatic heterocycles. The highest BCUT2D eigenvalue weighted by molar-refractivity contribution is 6.15. The average Bonchev–Trinajstić information content (AvgIpc) is 3.42. The number of benzene rings is 2. The summed E-state index contributed by atoms with van der Waals surface area (Å²) in [7, 11) is 3.08. The van der Waals surface area contributed by atoms with Gasteiger partial charge >= 0.3 is 0 Å². The number of carbonyl (C=O) groups excluding carboxylic acids is 4. The first-order valence-corrected chi connectivity index (χ1v) is 11.8. The molecule has 0 radical (unpaired) electrons. The van der Waals surface area contributed by atoms with E-state index in [1.54, 1.807) is 25.3 Å². The third-order valence-electron chi connectivity index (χ3n) is 7.54. The van der Waals surface area contributed by atoms with Gasteiger partial charge in [0.05, 0.1) is 26.1 Å². The minimum Gasteiger partial charge on any atom is -0.493 e. The molecular formula is C26H28N4O6. The van der Waals surface area contributed by atoms with Crippen LogP contribution in [-0.2, 0) is 31.1 Å². The van der Waals surface area contributed by atoms with Crippen molar-refractivity contribution >= 4 is 29.3 Å². The van der Waals surface area contributed by atoms with Gasteiger partial charge in [-0.1, -0.05) is 24.3 Å². The number of likely N-dealkylation sites (tertiary alicyclic amines) is 1. The van der Waals surface area contributed by atoms with Gasteiger partial charge in [-0.05, 0) is 36.6 Å². The fourth-order valence-electron chi connectivity index (χ4n) is 5.92. The van der Waals surface area contributed by atoms with Gasteiger partial charge in [0.1, 0.15) is 5.54 Å². The number of aryl methyl sites for hydroxylation is 1. The van der Waals surface area contributed by atoms with Gasteiger partial charge in [-0.3, -0.25) is 29.4 Å². The maximum Gasteiger partial charge on any atom is 0.250 e. The second kappa shape index (κ2) is 8.63. The van der Waals surface area contributed by atoms with E-state index in [-0.39, 0.29) is 13.0 Å². The molecule has 2 fully saturated rings. The van der Waals surface area contributed by atoms with Crippen molar-refractivity contribution in [1.82, 2.24) is 10.2 Å². The van der Waals surface area contributed by atoms with E-state index in [1.807, 2.05) is 25.1 Å². The zero-order valence-electron chi connectivity index (χ0n) is 20.3. The van der Waals surface area contributed by atoms with Crippen LogP contribution >= 0.6 is 0 Å². The molecule has 4 atom stereocenters. The van der Waals surface area contributed by atoms with E-state index in [2.05, 4.69) is 10.6 Å². The predicted octanol–water partition coefficient (Wildman–Crippen LogP) is 0.851. The van der Waals surface area contributed by atoms with Crippen molar-refractivity contribution in [2.45, 2.75) is 31.3 Å². The summed E-state index contributed by atoms with van der Waals surface area (Å²) < 4.78 is 10.6. The van der Waals surface area contributed by atoms with Gasteiger partial charge < -0.3 is 20.5 Å². The zero-order chi connectivity index (χ0) is 25.8. The molecule has 3 aliphatic rings. The minimum absolute atomic E-state index is 0.127. The Balaban J connectivity index is 1.49. The van der Waals surface area contributed by atoms with Crippen LogP contribution in [-0.4, -0.2) is 55.3 Å².